The number of ether oxygens (including phenoxy) is 1. The van der Waals surface area contributed by atoms with Gasteiger partial charge in [-0.2, -0.15) is 0 Å². The number of fused-ring (bicyclic) bond motifs is 1. The molecule has 0 amide bonds. The molecule has 1 N–H and O–H groups in total. The van der Waals surface area contributed by atoms with Crippen molar-refractivity contribution in [1.29, 1.82) is 0 Å². The Kier molecular flexibility index (Phi) is 5.27. The largest absolute Gasteiger partial charge is 0.497 e. The summed E-state index contributed by atoms with van der Waals surface area (Å²) in [6, 6.07) is 16.8. The van der Waals surface area contributed by atoms with Crippen LogP contribution in [0.2, 0.25) is 0 Å². The molecule has 0 saturated carbocycles. The van der Waals surface area contributed by atoms with E-state index >= 15 is 0 Å². The molecule has 0 atom stereocenters. The number of hydrogen-bond acceptors (Lipinski definition) is 6. The number of H-pyrrole nitrogens is 1. The number of nitrogens with one attached hydrogen (secondary N) is 1. The number of carbonyl (C=O) groups excluding carboxylic acids is 1. The maximum Gasteiger partial charge on any atom is 0.260 e. The van der Waals surface area contributed by atoms with Crippen LogP contribution in [-0.2, 0) is 0 Å². The van der Waals surface area contributed by atoms with E-state index in [0.717, 1.165) is 11.1 Å². The second-order valence-electron chi connectivity index (χ2n) is 6.01. The molecular weight excluding hydrogens is 392 g/mol. The van der Waals surface area contributed by atoms with Gasteiger partial charge in [-0.25, -0.2) is 4.98 Å². The molecule has 0 aliphatic rings. The number of thiophene rings is 1. The number of methoxy groups -OCH3 is 1. The highest BCUT2D eigenvalue weighted by molar-refractivity contribution is 7.99. The number of thioether (sulfide) groups is 1. The van der Waals surface area contributed by atoms with Crippen LogP contribution in [0.15, 0.2) is 69.9 Å². The summed E-state index contributed by atoms with van der Waals surface area (Å²) in [5, 5.41) is 2.97. The Hall–Kier alpha value is -2.90. The lowest BCUT2D eigenvalue weighted by Crippen LogP contribution is -2.10. The molecule has 0 saturated heterocycles. The van der Waals surface area contributed by atoms with Crippen molar-refractivity contribution in [2.45, 2.75) is 5.16 Å². The van der Waals surface area contributed by atoms with Gasteiger partial charge in [0.25, 0.3) is 5.56 Å². The lowest BCUT2D eigenvalue weighted by atomic mass is 10.1. The van der Waals surface area contributed by atoms with Crippen LogP contribution in [0.4, 0.5) is 0 Å². The molecule has 0 spiro atoms. The Labute approximate surface area is 169 Å². The Morgan fingerprint density at radius 1 is 1.18 bits per heavy atom. The van der Waals surface area contributed by atoms with Gasteiger partial charge in [0.2, 0.25) is 0 Å². The first-order chi connectivity index (χ1) is 13.7. The SMILES string of the molecule is COc1cccc(C(=O)CSc2nc3scc(-c4ccccc4)c3c(=O)[nH]2)c1. The fraction of sp³-hybridized carbons (Fsp3) is 0.0952. The molecule has 0 fully saturated rings. The number of aromatic nitrogens is 2. The quantitative estimate of drug-likeness (QED) is 0.286. The highest BCUT2D eigenvalue weighted by atomic mass is 32.2. The molecule has 0 aliphatic heterocycles. The average Bonchev–Trinajstić information content (AvgIpc) is 3.17. The van der Waals surface area contributed by atoms with Gasteiger partial charge in [0.05, 0.1) is 18.2 Å². The van der Waals surface area contributed by atoms with Crippen molar-refractivity contribution in [2.24, 2.45) is 0 Å². The summed E-state index contributed by atoms with van der Waals surface area (Å²) in [6.45, 7) is 0. The third-order valence-electron chi connectivity index (χ3n) is 4.24. The summed E-state index contributed by atoms with van der Waals surface area (Å²) < 4.78 is 5.15. The molecule has 0 unspecified atom stereocenters. The standard InChI is InChI=1S/C21H16N2O3S2/c1-26-15-9-5-8-14(10-15)17(24)12-28-21-22-19(25)18-16(11-27-20(18)23-21)13-6-3-2-4-7-13/h2-11H,12H2,1H3,(H,22,23,25). The number of carbonyl (C=O) groups is 1. The minimum atomic E-state index is -0.193. The van der Waals surface area contributed by atoms with Crippen LogP contribution in [0.5, 0.6) is 5.75 Å². The number of nitrogens with zero attached hydrogens (tertiary/aromatic N) is 1. The normalized spacial score (nSPS) is 10.9. The summed E-state index contributed by atoms with van der Waals surface area (Å²) in [7, 11) is 1.56. The summed E-state index contributed by atoms with van der Waals surface area (Å²) in [6.07, 6.45) is 0. The summed E-state index contributed by atoms with van der Waals surface area (Å²) >= 11 is 2.65. The predicted molar refractivity (Wildman–Crippen MR) is 114 cm³/mol. The first-order valence-corrected chi connectivity index (χ1v) is 10.4. The fourth-order valence-electron chi connectivity index (χ4n) is 2.84. The molecule has 0 radical (unpaired) electrons. The molecule has 28 heavy (non-hydrogen) atoms. The third-order valence-corrected chi connectivity index (χ3v) is 5.98. The molecule has 0 aliphatic carbocycles. The molecule has 4 rings (SSSR count). The molecule has 0 bridgehead atoms. The van der Waals surface area contributed by atoms with E-state index in [1.807, 2.05) is 35.7 Å². The van der Waals surface area contributed by atoms with E-state index in [-0.39, 0.29) is 17.1 Å². The minimum absolute atomic E-state index is 0.0530. The van der Waals surface area contributed by atoms with Crippen LogP contribution in [0.1, 0.15) is 10.4 Å². The molecule has 7 heteroatoms. The Balaban J connectivity index is 1.57. The van der Waals surface area contributed by atoms with E-state index in [0.29, 0.717) is 26.7 Å². The monoisotopic (exact) mass is 408 g/mol. The van der Waals surface area contributed by atoms with Crippen LogP contribution in [0.3, 0.4) is 0 Å². The lowest BCUT2D eigenvalue weighted by molar-refractivity contribution is 0.102. The zero-order valence-electron chi connectivity index (χ0n) is 15.0. The number of aromatic amines is 1. The van der Waals surface area contributed by atoms with Crippen molar-refractivity contribution < 1.29 is 9.53 Å². The zero-order valence-corrected chi connectivity index (χ0v) is 16.6. The number of Topliss-reactive ketones (excluding diaryl/α,β-unsaturated/α-hetero) is 1. The van der Waals surface area contributed by atoms with Gasteiger partial charge in [0.1, 0.15) is 10.6 Å². The number of hydrogen-bond donors (Lipinski definition) is 1. The zero-order chi connectivity index (χ0) is 19.5. The number of ketones is 1. The summed E-state index contributed by atoms with van der Waals surface area (Å²) in [5.41, 5.74) is 2.23. The average molecular weight is 409 g/mol. The van der Waals surface area contributed by atoms with E-state index in [1.54, 1.807) is 31.4 Å². The van der Waals surface area contributed by atoms with Crippen LogP contribution in [0, 0.1) is 0 Å². The van der Waals surface area contributed by atoms with Crippen LogP contribution in [0.25, 0.3) is 21.3 Å². The van der Waals surface area contributed by atoms with Crippen molar-refractivity contribution >= 4 is 39.1 Å². The molecular formula is C21H16N2O3S2. The lowest BCUT2D eigenvalue weighted by Gasteiger charge is -2.04. The minimum Gasteiger partial charge on any atom is -0.497 e. The van der Waals surface area contributed by atoms with Gasteiger partial charge < -0.3 is 9.72 Å². The third kappa shape index (κ3) is 3.72. The Morgan fingerprint density at radius 3 is 2.79 bits per heavy atom. The van der Waals surface area contributed by atoms with E-state index in [9.17, 15) is 9.59 Å². The first kappa shape index (κ1) is 18.5. The highest BCUT2D eigenvalue weighted by Gasteiger charge is 2.14. The second kappa shape index (κ2) is 8.00. The van der Waals surface area contributed by atoms with E-state index in [2.05, 4.69) is 9.97 Å². The maximum absolute atomic E-state index is 12.6. The van der Waals surface area contributed by atoms with Crippen molar-refractivity contribution in [3.63, 3.8) is 0 Å². The van der Waals surface area contributed by atoms with Crippen LogP contribution < -0.4 is 10.3 Å². The maximum atomic E-state index is 12.6. The van der Waals surface area contributed by atoms with Gasteiger partial charge >= 0.3 is 0 Å². The van der Waals surface area contributed by atoms with Crippen molar-refractivity contribution in [1.82, 2.24) is 9.97 Å². The van der Waals surface area contributed by atoms with Gasteiger partial charge in [-0.15, -0.1) is 11.3 Å². The second-order valence-corrected chi connectivity index (χ2v) is 7.83. The molecule has 5 nitrogen and oxygen atoms in total. The van der Waals surface area contributed by atoms with Gasteiger partial charge in [0.15, 0.2) is 10.9 Å². The Bertz CT molecular complexity index is 1200. The smallest absolute Gasteiger partial charge is 0.260 e. The van der Waals surface area contributed by atoms with Gasteiger partial charge in [-0.3, -0.25) is 9.59 Å². The summed E-state index contributed by atoms with van der Waals surface area (Å²) in [5.74, 6) is 0.761. The van der Waals surface area contributed by atoms with Crippen LogP contribution >= 0.6 is 23.1 Å². The highest BCUT2D eigenvalue weighted by Crippen LogP contribution is 2.31. The topological polar surface area (TPSA) is 72.0 Å². The molecule has 140 valence electrons. The Morgan fingerprint density at radius 2 is 2.00 bits per heavy atom. The molecule has 4 aromatic rings. The van der Waals surface area contributed by atoms with E-state index < -0.39 is 0 Å². The summed E-state index contributed by atoms with van der Waals surface area (Å²) in [4.78, 5) is 33.1. The molecule has 2 aromatic heterocycles. The number of rotatable bonds is 6. The van der Waals surface area contributed by atoms with Gasteiger partial charge in [-0.1, -0.05) is 54.2 Å². The fourth-order valence-corrected chi connectivity index (χ4v) is 4.60. The predicted octanol–water partition coefficient (Wildman–Crippen LogP) is 4.64. The molecule has 2 heterocycles. The molecule has 2 aromatic carbocycles. The number of benzene rings is 2. The van der Waals surface area contributed by atoms with Crippen molar-refractivity contribution in [3.8, 4) is 16.9 Å². The van der Waals surface area contributed by atoms with E-state index in [1.165, 1.54) is 23.1 Å². The first-order valence-electron chi connectivity index (χ1n) is 8.52. The van der Waals surface area contributed by atoms with E-state index in [4.69, 9.17) is 4.74 Å². The van der Waals surface area contributed by atoms with Crippen molar-refractivity contribution in [3.05, 3.63) is 75.9 Å². The van der Waals surface area contributed by atoms with Crippen molar-refractivity contribution in [2.75, 3.05) is 12.9 Å². The van der Waals surface area contributed by atoms with Gasteiger partial charge in [0, 0.05) is 16.5 Å². The van der Waals surface area contributed by atoms with Crippen LogP contribution in [-0.4, -0.2) is 28.6 Å². The van der Waals surface area contributed by atoms with Gasteiger partial charge in [-0.05, 0) is 17.7 Å².